The van der Waals surface area contributed by atoms with Crippen molar-refractivity contribution in [2.24, 2.45) is 0 Å². The van der Waals surface area contributed by atoms with Gasteiger partial charge in [-0.25, -0.2) is 13.4 Å². The van der Waals surface area contributed by atoms with Crippen LogP contribution in [0.15, 0.2) is 23.1 Å². The molecule has 0 spiro atoms. The van der Waals surface area contributed by atoms with E-state index in [1.807, 2.05) is 0 Å². The van der Waals surface area contributed by atoms with Crippen molar-refractivity contribution in [2.75, 3.05) is 6.26 Å². The zero-order valence-corrected chi connectivity index (χ0v) is 15.5. The summed E-state index contributed by atoms with van der Waals surface area (Å²) < 4.78 is 29.5. The normalized spacial score (nSPS) is 21.7. The third-order valence-corrected chi connectivity index (χ3v) is 5.12. The lowest BCUT2D eigenvalue weighted by molar-refractivity contribution is -0.154. The summed E-state index contributed by atoms with van der Waals surface area (Å²) in [5, 5.41) is 11.8. The number of aliphatic hydroxyl groups excluding tert-OH is 1. The summed E-state index contributed by atoms with van der Waals surface area (Å²) in [5.41, 5.74) is 1.64. The number of carbonyl (C=O) groups excluding carboxylic acids is 2. The van der Waals surface area contributed by atoms with Crippen molar-refractivity contribution in [2.45, 2.75) is 50.3 Å². The minimum atomic E-state index is -3.50. The molecule has 1 aliphatic heterocycles. The number of carbonyl (C=O) groups is 2. The first-order chi connectivity index (χ1) is 11.3. The Morgan fingerprint density at radius 3 is 2.36 bits per heavy atom. The first-order valence-corrected chi connectivity index (χ1v) is 9.52. The van der Waals surface area contributed by atoms with E-state index in [0.717, 1.165) is 11.3 Å². The van der Waals surface area contributed by atoms with Crippen molar-refractivity contribution in [3.05, 3.63) is 23.8 Å². The van der Waals surface area contributed by atoms with E-state index in [9.17, 15) is 23.1 Å². The highest BCUT2D eigenvalue weighted by Gasteiger charge is 2.47. The predicted molar refractivity (Wildman–Crippen MR) is 89.3 cm³/mol. The number of nitrogens with zero attached hydrogens (tertiary/aromatic N) is 1. The largest absolute Gasteiger partial charge is 0.485 e. The Hall–Kier alpha value is -2.13. The SMILES string of the molecule is CC(=O)NN(C(C)=O)C1c2cc(S(C)(=O)=O)ccc2OC(C)(C)C1O. The topological polar surface area (TPSA) is 113 Å². The molecule has 0 aliphatic carbocycles. The van der Waals surface area contributed by atoms with Gasteiger partial charge in [-0.15, -0.1) is 0 Å². The number of nitrogens with one attached hydrogen (secondary N) is 1. The Morgan fingerprint density at radius 2 is 1.88 bits per heavy atom. The standard InChI is InChI=1S/C16H22N2O6S/c1-9(19)17-18(10(2)20)14-12-8-11(25(5,22)23)6-7-13(12)24-16(3,4)15(14)21/h6-8,14-15,21H,1-5H3,(H,17,19). The van der Waals surface area contributed by atoms with Crippen LogP contribution in [-0.4, -0.2) is 48.3 Å². The van der Waals surface area contributed by atoms with E-state index < -0.39 is 39.4 Å². The van der Waals surface area contributed by atoms with Crippen LogP contribution in [0.4, 0.5) is 0 Å². The molecule has 2 rings (SSSR count). The maximum Gasteiger partial charge on any atom is 0.238 e. The van der Waals surface area contributed by atoms with Crippen molar-refractivity contribution >= 4 is 21.7 Å². The smallest absolute Gasteiger partial charge is 0.238 e. The van der Waals surface area contributed by atoms with Crippen LogP contribution in [0.1, 0.15) is 39.3 Å². The van der Waals surface area contributed by atoms with Gasteiger partial charge >= 0.3 is 0 Å². The summed E-state index contributed by atoms with van der Waals surface area (Å²) in [6, 6.07) is 3.24. The number of hydrogen-bond acceptors (Lipinski definition) is 6. The molecule has 8 nitrogen and oxygen atoms in total. The van der Waals surface area contributed by atoms with Gasteiger partial charge in [-0.1, -0.05) is 0 Å². The van der Waals surface area contributed by atoms with Gasteiger partial charge in [0, 0.05) is 25.7 Å². The fourth-order valence-corrected chi connectivity index (χ4v) is 3.43. The molecule has 1 aromatic carbocycles. The van der Waals surface area contributed by atoms with Crippen molar-refractivity contribution in [3.8, 4) is 5.75 Å². The van der Waals surface area contributed by atoms with E-state index in [0.29, 0.717) is 11.3 Å². The van der Waals surface area contributed by atoms with Crippen molar-refractivity contribution < 1.29 is 27.9 Å². The Balaban J connectivity index is 2.68. The van der Waals surface area contributed by atoms with Gasteiger partial charge in [0.15, 0.2) is 9.84 Å². The van der Waals surface area contributed by atoms with E-state index in [1.54, 1.807) is 13.8 Å². The second kappa shape index (κ2) is 6.30. The lowest BCUT2D eigenvalue weighted by atomic mass is 9.86. The summed E-state index contributed by atoms with van der Waals surface area (Å²) in [6.45, 7) is 5.76. The molecule has 1 aliphatic rings. The van der Waals surface area contributed by atoms with Crippen LogP contribution in [0.3, 0.4) is 0 Å². The zero-order valence-electron chi connectivity index (χ0n) is 14.7. The quantitative estimate of drug-likeness (QED) is 0.736. The van der Waals surface area contributed by atoms with Gasteiger partial charge in [-0.05, 0) is 32.0 Å². The summed E-state index contributed by atoms with van der Waals surface area (Å²) in [5.74, 6) is -0.663. The first-order valence-electron chi connectivity index (χ1n) is 7.62. The minimum absolute atomic E-state index is 0.0260. The average Bonchev–Trinajstić information content (AvgIpc) is 2.44. The second-order valence-electron chi connectivity index (χ2n) is 6.62. The molecule has 2 N–H and O–H groups in total. The number of amides is 2. The van der Waals surface area contributed by atoms with Crippen LogP contribution < -0.4 is 10.2 Å². The average molecular weight is 370 g/mol. The lowest BCUT2D eigenvalue weighted by Gasteiger charge is -2.45. The van der Waals surface area contributed by atoms with Crippen molar-refractivity contribution in [1.82, 2.24) is 10.4 Å². The van der Waals surface area contributed by atoms with Gasteiger partial charge in [-0.3, -0.25) is 15.0 Å². The summed E-state index contributed by atoms with van der Waals surface area (Å²) in [7, 11) is -3.50. The van der Waals surface area contributed by atoms with Gasteiger partial charge in [0.05, 0.1) is 4.90 Å². The van der Waals surface area contributed by atoms with E-state index in [1.165, 1.54) is 32.0 Å². The number of aliphatic hydroxyl groups is 1. The molecule has 0 radical (unpaired) electrons. The maximum absolute atomic E-state index is 12.1. The lowest BCUT2D eigenvalue weighted by Crippen LogP contribution is -2.58. The van der Waals surface area contributed by atoms with Gasteiger partial charge < -0.3 is 9.84 Å². The fourth-order valence-electron chi connectivity index (χ4n) is 2.77. The van der Waals surface area contributed by atoms with Crippen LogP contribution in [0.5, 0.6) is 5.75 Å². The number of benzene rings is 1. The molecule has 2 atom stereocenters. The Kier molecular flexibility index (Phi) is 4.84. The second-order valence-corrected chi connectivity index (χ2v) is 8.64. The third-order valence-electron chi connectivity index (χ3n) is 4.01. The molecule has 0 saturated carbocycles. The Bertz CT molecular complexity index is 818. The molecule has 138 valence electrons. The molecule has 0 bridgehead atoms. The molecule has 0 aromatic heterocycles. The van der Waals surface area contributed by atoms with Crippen molar-refractivity contribution in [3.63, 3.8) is 0 Å². The van der Waals surface area contributed by atoms with E-state index in [4.69, 9.17) is 4.74 Å². The molecule has 0 fully saturated rings. The van der Waals surface area contributed by atoms with Crippen LogP contribution in [0.2, 0.25) is 0 Å². The highest BCUT2D eigenvalue weighted by Crippen LogP contribution is 2.43. The van der Waals surface area contributed by atoms with Crippen LogP contribution in [0.25, 0.3) is 0 Å². The molecule has 2 unspecified atom stereocenters. The minimum Gasteiger partial charge on any atom is -0.485 e. The predicted octanol–water partition coefficient (Wildman–Crippen LogP) is 0.563. The highest BCUT2D eigenvalue weighted by molar-refractivity contribution is 7.90. The van der Waals surface area contributed by atoms with Crippen molar-refractivity contribution in [1.29, 1.82) is 0 Å². The fraction of sp³-hybridized carbons (Fsp3) is 0.500. The van der Waals surface area contributed by atoms with Gasteiger partial charge in [0.1, 0.15) is 23.5 Å². The number of ether oxygens (including phenoxy) is 1. The molecule has 1 heterocycles. The molecule has 1 aromatic rings. The third kappa shape index (κ3) is 3.77. The number of hydrazine groups is 1. The zero-order chi connectivity index (χ0) is 19.2. The molecule has 25 heavy (non-hydrogen) atoms. The number of fused-ring (bicyclic) bond motifs is 1. The monoisotopic (exact) mass is 370 g/mol. The first kappa shape index (κ1) is 19.2. The van der Waals surface area contributed by atoms with Gasteiger partial charge in [0.2, 0.25) is 11.8 Å². The number of sulfone groups is 1. The summed E-state index contributed by atoms with van der Waals surface area (Å²) in [4.78, 5) is 23.6. The van der Waals surface area contributed by atoms with E-state index in [-0.39, 0.29) is 4.90 Å². The van der Waals surface area contributed by atoms with Gasteiger partial charge in [-0.2, -0.15) is 0 Å². The van der Waals surface area contributed by atoms with Crippen LogP contribution >= 0.6 is 0 Å². The molecule has 2 amide bonds. The molecular formula is C16H22N2O6S. The Labute approximate surface area is 146 Å². The highest BCUT2D eigenvalue weighted by atomic mass is 32.2. The molecular weight excluding hydrogens is 348 g/mol. The Morgan fingerprint density at radius 1 is 1.28 bits per heavy atom. The van der Waals surface area contributed by atoms with Crippen LogP contribution in [-0.2, 0) is 19.4 Å². The maximum atomic E-state index is 12.1. The molecule has 9 heteroatoms. The van der Waals surface area contributed by atoms with E-state index >= 15 is 0 Å². The van der Waals surface area contributed by atoms with E-state index in [2.05, 4.69) is 5.43 Å². The summed E-state index contributed by atoms with van der Waals surface area (Å²) >= 11 is 0. The number of rotatable bonds is 2. The summed E-state index contributed by atoms with van der Waals surface area (Å²) in [6.07, 6.45) is -0.143. The van der Waals surface area contributed by atoms with Gasteiger partial charge in [0.25, 0.3) is 0 Å². The number of hydrogen-bond donors (Lipinski definition) is 2. The molecule has 0 saturated heterocycles. The van der Waals surface area contributed by atoms with Crippen LogP contribution in [0, 0.1) is 0 Å².